The monoisotopic (exact) mass is 281 g/mol. The van der Waals surface area contributed by atoms with Crippen molar-refractivity contribution in [3.63, 3.8) is 0 Å². The SMILES string of the molecule is Cn1cnc(S(=O)(=O)NCCNC(N)=O)c1Cl. The zero-order valence-electron chi connectivity index (χ0n) is 8.97. The zero-order chi connectivity index (χ0) is 13.1. The van der Waals surface area contributed by atoms with Crippen LogP contribution in [-0.2, 0) is 17.1 Å². The highest BCUT2D eigenvalue weighted by Gasteiger charge is 2.21. The van der Waals surface area contributed by atoms with Gasteiger partial charge < -0.3 is 15.6 Å². The molecule has 0 radical (unpaired) electrons. The molecule has 8 nitrogen and oxygen atoms in total. The smallest absolute Gasteiger partial charge is 0.312 e. The number of urea groups is 1. The first kappa shape index (κ1) is 13.7. The second-order valence-electron chi connectivity index (χ2n) is 3.14. The molecule has 0 aromatic carbocycles. The van der Waals surface area contributed by atoms with Crippen LogP contribution in [0, 0.1) is 0 Å². The first-order valence-corrected chi connectivity index (χ1v) is 6.40. The summed E-state index contributed by atoms with van der Waals surface area (Å²) in [5.74, 6) is 0. The van der Waals surface area contributed by atoms with E-state index in [1.54, 1.807) is 7.05 Å². The summed E-state index contributed by atoms with van der Waals surface area (Å²) in [6.07, 6.45) is 1.29. The Hall–Kier alpha value is -1.32. The van der Waals surface area contributed by atoms with Crippen LogP contribution in [-0.4, -0.2) is 37.1 Å². The van der Waals surface area contributed by atoms with E-state index < -0.39 is 16.1 Å². The Morgan fingerprint density at radius 2 is 2.24 bits per heavy atom. The Bertz CT molecular complexity index is 512. The van der Waals surface area contributed by atoms with Crippen LogP contribution < -0.4 is 15.8 Å². The van der Waals surface area contributed by atoms with Crippen LogP contribution in [0.4, 0.5) is 4.79 Å². The third-order valence-electron chi connectivity index (χ3n) is 1.81. The lowest BCUT2D eigenvalue weighted by Gasteiger charge is -2.05. The van der Waals surface area contributed by atoms with Gasteiger partial charge in [-0.2, -0.15) is 0 Å². The van der Waals surface area contributed by atoms with Crippen molar-refractivity contribution in [2.24, 2.45) is 12.8 Å². The third kappa shape index (κ3) is 3.58. The largest absolute Gasteiger partial charge is 0.352 e. The number of carbonyl (C=O) groups excluding carboxylic acids is 1. The predicted octanol–water partition coefficient (Wildman–Crippen LogP) is -0.980. The molecule has 1 aromatic heterocycles. The number of imidazole rings is 1. The lowest BCUT2D eigenvalue weighted by molar-refractivity contribution is 0.249. The summed E-state index contributed by atoms with van der Waals surface area (Å²) < 4.78 is 27.0. The summed E-state index contributed by atoms with van der Waals surface area (Å²) in [5, 5.41) is 2.01. The molecule has 0 bridgehead atoms. The first-order chi connectivity index (χ1) is 7.84. The summed E-state index contributed by atoms with van der Waals surface area (Å²) in [7, 11) is -2.20. The number of nitrogens with one attached hydrogen (secondary N) is 2. The Balaban J connectivity index is 2.64. The summed E-state index contributed by atoms with van der Waals surface area (Å²) in [6.45, 7) is 0.0805. The highest BCUT2D eigenvalue weighted by Crippen LogP contribution is 2.17. The highest BCUT2D eigenvalue weighted by atomic mass is 35.5. The van der Waals surface area contributed by atoms with E-state index in [1.807, 2.05) is 0 Å². The van der Waals surface area contributed by atoms with Crippen molar-refractivity contribution in [1.29, 1.82) is 0 Å². The van der Waals surface area contributed by atoms with Gasteiger partial charge in [-0.05, 0) is 0 Å². The molecule has 2 amide bonds. The van der Waals surface area contributed by atoms with Gasteiger partial charge in [0.05, 0.1) is 6.33 Å². The molecule has 0 aliphatic heterocycles. The average molecular weight is 282 g/mol. The van der Waals surface area contributed by atoms with E-state index in [9.17, 15) is 13.2 Å². The van der Waals surface area contributed by atoms with Crippen LogP contribution in [0.15, 0.2) is 11.4 Å². The summed E-state index contributed by atoms with van der Waals surface area (Å²) in [5.41, 5.74) is 4.82. The van der Waals surface area contributed by atoms with E-state index in [0.717, 1.165) is 0 Å². The number of carbonyl (C=O) groups is 1. The number of rotatable bonds is 5. The van der Waals surface area contributed by atoms with E-state index in [1.165, 1.54) is 10.9 Å². The molecule has 0 unspecified atom stereocenters. The number of primary amides is 1. The van der Waals surface area contributed by atoms with Gasteiger partial charge in [-0.3, -0.25) is 0 Å². The standard InChI is InChI=1S/C7H12ClN5O3S/c1-13-4-11-6(5(13)8)17(15,16)12-3-2-10-7(9)14/h4,12H,2-3H2,1H3,(H3,9,10,14). The van der Waals surface area contributed by atoms with Crippen LogP contribution in [0.5, 0.6) is 0 Å². The van der Waals surface area contributed by atoms with Crippen LogP contribution in [0.1, 0.15) is 0 Å². The maximum absolute atomic E-state index is 11.7. The number of aromatic nitrogens is 2. The Morgan fingerprint density at radius 1 is 1.59 bits per heavy atom. The minimum absolute atomic E-state index is 0.00181. The van der Waals surface area contributed by atoms with Crippen molar-refractivity contribution >= 4 is 27.7 Å². The van der Waals surface area contributed by atoms with Gasteiger partial charge in [0, 0.05) is 20.1 Å². The van der Waals surface area contributed by atoms with Gasteiger partial charge in [-0.25, -0.2) is 22.9 Å². The Morgan fingerprint density at radius 3 is 2.71 bits per heavy atom. The van der Waals surface area contributed by atoms with Gasteiger partial charge in [0.1, 0.15) is 5.15 Å². The van der Waals surface area contributed by atoms with Gasteiger partial charge in [0.15, 0.2) is 0 Å². The highest BCUT2D eigenvalue weighted by molar-refractivity contribution is 7.89. The van der Waals surface area contributed by atoms with E-state index in [-0.39, 0.29) is 23.3 Å². The Labute approximate surface area is 103 Å². The quantitative estimate of drug-likeness (QED) is 0.601. The minimum Gasteiger partial charge on any atom is -0.352 e. The van der Waals surface area contributed by atoms with E-state index in [4.69, 9.17) is 17.3 Å². The minimum atomic E-state index is -3.77. The van der Waals surface area contributed by atoms with Crippen molar-refractivity contribution in [1.82, 2.24) is 19.6 Å². The number of nitrogens with two attached hydrogens (primary N) is 1. The van der Waals surface area contributed by atoms with Crippen LogP contribution in [0.2, 0.25) is 5.15 Å². The lowest BCUT2D eigenvalue weighted by Crippen LogP contribution is -2.37. The normalized spacial score (nSPS) is 11.4. The molecule has 1 heterocycles. The molecule has 1 aromatic rings. The maximum Gasteiger partial charge on any atom is 0.312 e. The molecule has 0 saturated heterocycles. The summed E-state index contributed by atoms with van der Waals surface area (Å²) >= 11 is 5.75. The number of sulfonamides is 1. The van der Waals surface area contributed by atoms with Gasteiger partial charge in [0.25, 0.3) is 10.0 Å². The molecule has 0 fully saturated rings. The fraction of sp³-hybridized carbons (Fsp3) is 0.429. The zero-order valence-corrected chi connectivity index (χ0v) is 10.5. The molecular formula is C7H12ClN5O3S. The topological polar surface area (TPSA) is 119 Å². The van der Waals surface area contributed by atoms with Gasteiger partial charge in [0.2, 0.25) is 5.03 Å². The van der Waals surface area contributed by atoms with Crippen molar-refractivity contribution in [2.75, 3.05) is 13.1 Å². The second-order valence-corrected chi connectivity index (χ2v) is 5.18. The van der Waals surface area contributed by atoms with Gasteiger partial charge >= 0.3 is 6.03 Å². The Kier molecular flexibility index (Phi) is 4.32. The number of aryl methyl sites for hydroxylation is 1. The second kappa shape index (κ2) is 5.34. The van der Waals surface area contributed by atoms with Crippen LogP contribution in [0.25, 0.3) is 0 Å². The first-order valence-electron chi connectivity index (χ1n) is 4.54. The number of halogens is 1. The van der Waals surface area contributed by atoms with Gasteiger partial charge in [-0.15, -0.1) is 0 Å². The maximum atomic E-state index is 11.7. The molecule has 0 atom stereocenters. The van der Waals surface area contributed by atoms with Crippen molar-refractivity contribution < 1.29 is 13.2 Å². The van der Waals surface area contributed by atoms with E-state index in [0.29, 0.717) is 0 Å². The molecule has 96 valence electrons. The predicted molar refractivity (Wildman–Crippen MR) is 61.0 cm³/mol. The molecule has 0 saturated carbocycles. The fourth-order valence-electron chi connectivity index (χ4n) is 1.01. The molecule has 10 heteroatoms. The average Bonchev–Trinajstić information content (AvgIpc) is 2.55. The molecule has 4 N–H and O–H groups in total. The molecule has 0 aliphatic rings. The van der Waals surface area contributed by atoms with E-state index >= 15 is 0 Å². The van der Waals surface area contributed by atoms with Crippen molar-refractivity contribution in [3.8, 4) is 0 Å². The van der Waals surface area contributed by atoms with Crippen molar-refractivity contribution in [3.05, 3.63) is 11.5 Å². The van der Waals surface area contributed by atoms with Crippen LogP contribution in [0.3, 0.4) is 0 Å². The number of hydrogen-bond acceptors (Lipinski definition) is 4. The molecule has 17 heavy (non-hydrogen) atoms. The fourth-order valence-corrected chi connectivity index (χ4v) is 2.47. The molecule has 0 spiro atoms. The van der Waals surface area contributed by atoms with Gasteiger partial charge in [-0.1, -0.05) is 11.6 Å². The summed E-state index contributed by atoms with van der Waals surface area (Å²) in [4.78, 5) is 14.0. The van der Waals surface area contributed by atoms with E-state index in [2.05, 4.69) is 15.0 Å². The molecular weight excluding hydrogens is 270 g/mol. The molecule has 1 rings (SSSR count). The number of nitrogens with zero attached hydrogens (tertiary/aromatic N) is 2. The number of hydrogen-bond donors (Lipinski definition) is 3. The summed E-state index contributed by atoms with van der Waals surface area (Å²) in [6, 6.07) is -0.722. The third-order valence-corrected chi connectivity index (χ3v) is 3.75. The number of amides is 2. The van der Waals surface area contributed by atoms with Crippen LogP contribution >= 0.6 is 11.6 Å². The molecule has 0 aliphatic carbocycles. The van der Waals surface area contributed by atoms with Crippen molar-refractivity contribution in [2.45, 2.75) is 5.03 Å². The lowest BCUT2D eigenvalue weighted by atomic mass is 10.6.